The fourth-order valence-corrected chi connectivity index (χ4v) is 12.4. The van der Waals surface area contributed by atoms with Crippen LogP contribution in [0.1, 0.15) is 43.0 Å². The van der Waals surface area contributed by atoms with Crippen LogP contribution in [0.2, 0.25) is 0 Å². The molecule has 0 bridgehead atoms. The van der Waals surface area contributed by atoms with Gasteiger partial charge in [0, 0.05) is 74.2 Å². The van der Waals surface area contributed by atoms with E-state index in [-0.39, 0.29) is 31.6 Å². The number of aromatic nitrogens is 2. The molecule has 4 heterocycles. The molecule has 64 heavy (non-hydrogen) atoms. The van der Waals surface area contributed by atoms with Crippen molar-refractivity contribution >= 4 is 53.0 Å². The van der Waals surface area contributed by atoms with E-state index in [4.69, 9.17) is 4.98 Å². The van der Waals surface area contributed by atoms with Crippen LogP contribution < -0.4 is 9.80 Å². The lowest BCUT2D eigenvalue weighted by Gasteiger charge is -2.33. The highest BCUT2D eigenvalue weighted by molar-refractivity contribution is 7.89. The predicted octanol–water partition coefficient (Wildman–Crippen LogP) is 9.56. The number of halogens is 5. The molecule has 19 heteroatoms. The second-order valence-corrected chi connectivity index (χ2v) is 22.1. The highest BCUT2D eigenvalue weighted by Crippen LogP contribution is 2.35. The topological polar surface area (TPSA) is 107 Å². The van der Waals surface area contributed by atoms with Gasteiger partial charge in [0.15, 0.2) is 38.4 Å². The SMILES string of the molecule is Cc1cc(C)c(-c2csc(N3CCN(S(=O)(=O)c4ccc(C(C)(C)C)cc4)CC3)n2)c(C)c1.O=S(=O)(c1c(F)c(F)c(F)c(F)c1F)N1CCN(c2nc(-c3ccccc3)cs2)CC1. The molecule has 0 unspecified atom stereocenters. The van der Waals surface area contributed by atoms with Crippen LogP contribution in [0.4, 0.5) is 32.2 Å². The number of benzene rings is 4. The average molecular weight is 959 g/mol. The molecule has 2 aromatic heterocycles. The third-order valence-electron chi connectivity index (χ3n) is 11.1. The first kappa shape index (κ1) is 47.2. The fourth-order valence-electron chi connectivity index (χ4n) is 7.72. The third kappa shape index (κ3) is 9.60. The Morgan fingerprint density at radius 1 is 0.562 bits per heavy atom. The monoisotopic (exact) mass is 958 g/mol. The van der Waals surface area contributed by atoms with Gasteiger partial charge in [0.1, 0.15) is 0 Å². The molecule has 4 aromatic carbocycles. The van der Waals surface area contributed by atoms with E-state index in [0.717, 1.165) is 27.6 Å². The number of nitrogens with zero attached hydrogens (tertiary/aromatic N) is 6. The van der Waals surface area contributed by atoms with E-state index in [9.17, 15) is 38.8 Å². The number of anilines is 2. The van der Waals surface area contributed by atoms with Gasteiger partial charge >= 0.3 is 0 Å². The van der Waals surface area contributed by atoms with Crippen molar-refractivity contribution in [1.82, 2.24) is 18.6 Å². The molecule has 2 aliphatic heterocycles. The highest BCUT2D eigenvalue weighted by atomic mass is 32.2. The number of aryl methyl sites for hydroxylation is 3. The molecule has 340 valence electrons. The van der Waals surface area contributed by atoms with Gasteiger partial charge in [-0.15, -0.1) is 22.7 Å². The number of piperazine rings is 2. The summed E-state index contributed by atoms with van der Waals surface area (Å²) < 4.78 is 122. The summed E-state index contributed by atoms with van der Waals surface area (Å²) in [6.45, 7) is 14.8. The lowest BCUT2D eigenvalue weighted by atomic mass is 9.87. The van der Waals surface area contributed by atoms with E-state index in [1.807, 2.05) is 47.8 Å². The maximum Gasteiger partial charge on any atom is 0.249 e. The second-order valence-electron chi connectivity index (χ2n) is 16.6. The Kier molecular flexibility index (Phi) is 13.7. The minimum Gasteiger partial charge on any atom is -0.345 e. The van der Waals surface area contributed by atoms with Crippen LogP contribution in [0.3, 0.4) is 0 Å². The highest BCUT2D eigenvalue weighted by Gasteiger charge is 2.39. The Hall–Kier alpha value is -4.79. The Labute approximate surface area is 378 Å². The zero-order valence-electron chi connectivity index (χ0n) is 36.0. The molecule has 2 aliphatic rings. The minimum absolute atomic E-state index is 0.00383. The van der Waals surface area contributed by atoms with Crippen molar-refractivity contribution in [3.05, 3.63) is 129 Å². The van der Waals surface area contributed by atoms with E-state index < -0.39 is 54.0 Å². The number of rotatable bonds is 8. The molecule has 0 N–H and O–H groups in total. The van der Waals surface area contributed by atoms with Crippen molar-refractivity contribution in [2.45, 2.75) is 56.7 Å². The summed E-state index contributed by atoms with van der Waals surface area (Å²) in [5, 5.41) is 5.55. The van der Waals surface area contributed by atoms with Gasteiger partial charge < -0.3 is 9.80 Å². The number of hydrogen-bond donors (Lipinski definition) is 0. The van der Waals surface area contributed by atoms with Crippen LogP contribution in [0.5, 0.6) is 0 Å². The molecule has 8 rings (SSSR count). The summed E-state index contributed by atoms with van der Waals surface area (Å²) in [7, 11) is -8.43. The molecule has 6 aromatic rings. The van der Waals surface area contributed by atoms with Crippen LogP contribution in [0.25, 0.3) is 22.5 Å². The van der Waals surface area contributed by atoms with E-state index in [1.54, 1.807) is 32.7 Å². The standard InChI is InChI=1S/C26H33N3O2S2.C19H14F5N3O2S2/c1-18-15-19(2)24(20(3)16-18)23-17-32-25(27-23)28-11-13-29(14-12-28)33(30,31)22-9-7-21(8-10-22)26(4,5)6;20-13-14(21)16(23)18(17(24)15(13)22)31(28,29)27-8-6-26(7-9-27)19-25-12(10-30-19)11-4-2-1-3-5-11/h7-10,15-17H,11-14H2,1-6H3;1-5,10H,6-9H2. The molecule has 0 saturated carbocycles. The summed E-state index contributed by atoms with van der Waals surface area (Å²) in [4.78, 5) is 12.0. The van der Waals surface area contributed by atoms with Crippen molar-refractivity contribution < 1.29 is 38.8 Å². The van der Waals surface area contributed by atoms with Crippen molar-refractivity contribution in [2.24, 2.45) is 0 Å². The van der Waals surface area contributed by atoms with Crippen molar-refractivity contribution in [2.75, 3.05) is 62.2 Å². The van der Waals surface area contributed by atoms with E-state index >= 15 is 0 Å². The van der Waals surface area contributed by atoms with Crippen LogP contribution in [0.15, 0.2) is 87.3 Å². The predicted molar refractivity (Wildman–Crippen MR) is 243 cm³/mol. The molecule has 0 spiro atoms. The first-order valence-electron chi connectivity index (χ1n) is 20.4. The van der Waals surface area contributed by atoms with Crippen LogP contribution in [0, 0.1) is 49.9 Å². The Morgan fingerprint density at radius 3 is 1.48 bits per heavy atom. The Balaban J connectivity index is 0.000000192. The summed E-state index contributed by atoms with van der Waals surface area (Å²) in [5.41, 5.74) is 8.71. The minimum atomic E-state index is -4.94. The largest absolute Gasteiger partial charge is 0.345 e. The first-order valence-corrected chi connectivity index (χ1v) is 25.0. The molecule has 0 aliphatic carbocycles. The maximum absolute atomic E-state index is 14.0. The van der Waals surface area contributed by atoms with Crippen LogP contribution in [-0.2, 0) is 25.5 Å². The maximum atomic E-state index is 14.0. The molecular weight excluding hydrogens is 912 g/mol. The van der Waals surface area contributed by atoms with Gasteiger partial charge in [0.2, 0.25) is 25.9 Å². The Morgan fingerprint density at radius 2 is 1.00 bits per heavy atom. The van der Waals surface area contributed by atoms with Gasteiger partial charge in [0.05, 0.1) is 16.3 Å². The molecular formula is C45H47F5N6O4S4. The van der Waals surface area contributed by atoms with Gasteiger partial charge in [-0.3, -0.25) is 0 Å². The van der Waals surface area contributed by atoms with Crippen LogP contribution in [-0.4, -0.2) is 87.8 Å². The Bertz CT molecular complexity index is 2820. The zero-order chi connectivity index (χ0) is 46.3. The average Bonchev–Trinajstić information content (AvgIpc) is 3.97. The van der Waals surface area contributed by atoms with Gasteiger partial charge in [-0.2, -0.15) is 8.61 Å². The molecule has 2 fully saturated rings. The van der Waals surface area contributed by atoms with E-state index in [2.05, 4.69) is 68.9 Å². The van der Waals surface area contributed by atoms with Gasteiger partial charge in [-0.1, -0.05) is 80.9 Å². The smallest absolute Gasteiger partial charge is 0.249 e. The number of thiazole rings is 2. The summed E-state index contributed by atoms with van der Waals surface area (Å²) in [6, 6.07) is 21.1. The number of hydrogen-bond acceptors (Lipinski definition) is 10. The first-order chi connectivity index (χ1) is 30.2. The third-order valence-corrected chi connectivity index (χ3v) is 16.8. The lowest BCUT2D eigenvalue weighted by molar-refractivity contribution is 0.344. The van der Waals surface area contributed by atoms with E-state index in [0.29, 0.717) is 40.5 Å². The summed E-state index contributed by atoms with van der Waals surface area (Å²) >= 11 is 2.98. The molecule has 2 saturated heterocycles. The van der Waals surface area contributed by atoms with Crippen molar-refractivity contribution in [3.8, 4) is 22.5 Å². The zero-order valence-corrected chi connectivity index (χ0v) is 39.3. The molecule has 10 nitrogen and oxygen atoms in total. The van der Waals surface area contributed by atoms with Crippen molar-refractivity contribution in [3.63, 3.8) is 0 Å². The van der Waals surface area contributed by atoms with Gasteiger partial charge in [-0.05, 0) is 55.0 Å². The van der Waals surface area contributed by atoms with E-state index in [1.165, 1.54) is 33.6 Å². The summed E-state index contributed by atoms with van der Waals surface area (Å²) in [6.07, 6.45) is 0. The van der Waals surface area contributed by atoms with Gasteiger partial charge in [0.25, 0.3) is 0 Å². The summed E-state index contributed by atoms with van der Waals surface area (Å²) in [5.74, 6) is -11.7. The van der Waals surface area contributed by atoms with Crippen molar-refractivity contribution in [1.29, 1.82) is 0 Å². The van der Waals surface area contributed by atoms with Crippen LogP contribution >= 0.6 is 22.7 Å². The molecule has 0 radical (unpaired) electrons. The quantitative estimate of drug-likeness (QED) is 0.0844. The lowest BCUT2D eigenvalue weighted by Crippen LogP contribution is -2.49. The molecule has 0 amide bonds. The van der Waals surface area contributed by atoms with Gasteiger partial charge in [-0.25, -0.2) is 48.8 Å². The normalized spacial score (nSPS) is 15.6. The number of sulfonamides is 2. The fraction of sp³-hybridized carbons (Fsp3) is 0.333. The molecule has 0 atom stereocenters. The second kappa shape index (κ2) is 18.6.